The molecule has 1 amide bonds. The fourth-order valence-electron chi connectivity index (χ4n) is 3.70. The van der Waals surface area contributed by atoms with E-state index in [2.05, 4.69) is 33.4 Å². The van der Waals surface area contributed by atoms with Gasteiger partial charge in [0.2, 0.25) is 5.91 Å². The van der Waals surface area contributed by atoms with E-state index in [0.717, 1.165) is 47.2 Å². The number of aryl methyl sites for hydroxylation is 4. The van der Waals surface area contributed by atoms with Crippen molar-refractivity contribution >= 4 is 16.8 Å². The normalized spacial score (nSPS) is 16.5. The van der Waals surface area contributed by atoms with Crippen molar-refractivity contribution in [1.82, 2.24) is 25.1 Å². The lowest BCUT2D eigenvalue weighted by molar-refractivity contribution is -0.122. The van der Waals surface area contributed by atoms with Crippen LogP contribution in [0.15, 0.2) is 30.6 Å². The van der Waals surface area contributed by atoms with Gasteiger partial charge in [0.05, 0.1) is 24.3 Å². The highest BCUT2D eigenvalue weighted by Crippen LogP contribution is 2.28. The molecule has 1 aliphatic rings. The summed E-state index contributed by atoms with van der Waals surface area (Å²) in [5, 5.41) is 8.73. The van der Waals surface area contributed by atoms with E-state index in [9.17, 15) is 4.79 Å². The number of hydrogen-bond acceptors (Lipinski definition) is 4. The van der Waals surface area contributed by atoms with Crippen LogP contribution in [-0.4, -0.2) is 25.7 Å². The van der Waals surface area contributed by atoms with Gasteiger partial charge in [-0.05, 0) is 44.7 Å². The van der Waals surface area contributed by atoms with Gasteiger partial charge in [-0.1, -0.05) is 12.1 Å². The quantitative estimate of drug-likeness (QED) is 0.786. The van der Waals surface area contributed by atoms with Crippen LogP contribution in [0.1, 0.15) is 47.9 Å². The minimum atomic E-state index is 0.0171. The first-order valence-corrected chi connectivity index (χ1v) is 9.15. The molecular formula is C20H23N5O. The third kappa shape index (κ3) is 3.19. The molecule has 1 aliphatic carbocycles. The van der Waals surface area contributed by atoms with E-state index in [1.807, 2.05) is 36.1 Å². The Bertz CT molecular complexity index is 962. The third-order valence-electron chi connectivity index (χ3n) is 5.09. The highest BCUT2D eigenvalue weighted by Gasteiger charge is 2.23. The molecule has 3 aromatic rings. The van der Waals surface area contributed by atoms with Gasteiger partial charge in [-0.2, -0.15) is 5.10 Å². The van der Waals surface area contributed by atoms with Gasteiger partial charge in [0, 0.05) is 29.3 Å². The summed E-state index contributed by atoms with van der Waals surface area (Å²) in [5.74, 6) is 0.830. The average Bonchev–Trinajstić information content (AvgIpc) is 3.04. The van der Waals surface area contributed by atoms with Crippen LogP contribution in [0.5, 0.6) is 0 Å². The van der Waals surface area contributed by atoms with Gasteiger partial charge in [0.25, 0.3) is 0 Å². The van der Waals surface area contributed by atoms with Crippen molar-refractivity contribution in [2.75, 3.05) is 0 Å². The van der Waals surface area contributed by atoms with E-state index in [4.69, 9.17) is 0 Å². The van der Waals surface area contributed by atoms with Crippen molar-refractivity contribution in [2.24, 2.45) is 0 Å². The number of nitrogens with one attached hydrogen (secondary N) is 1. The average molecular weight is 349 g/mol. The first-order valence-electron chi connectivity index (χ1n) is 9.15. The summed E-state index contributed by atoms with van der Waals surface area (Å²) in [7, 11) is 0. The Hall–Kier alpha value is -2.76. The number of carbonyl (C=O) groups excluding carboxylic acids is 1. The molecule has 134 valence electrons. The van der Waals surface area contributed by atoms with E-state index in [0.29, 0.717) is 13.0 Å². The molecule has 2 heterocycles. The third-order valence-corrected chi connectivity index (χ3v) is 5.09. The number of hydrogen-bond donors (Lipinski definition) is 1. The van der Waals surface area contributed by atoms with Crippen molar-refractivity contribution < 1.29 is 4.79 Å². The molecule has 1 unspecified atom stereocenters. The second-order valence-electron chi connectivity index (χ2n) is 6.96. The maximum atomic E-state index is 12.5. The van der Waals surface area contributed by atoms with Gasteiger partial charge in [0.15, 0.2) is 0 Å². The molecule has 26 heavy (non-hydrogen) atoms. The minimum Gasteiger partial charge on any atom is -0.349 e. The van der Waals surface area contributed by atoms with Crippen LogP contribution in [0.3, 0.4) is 0 Å². The molecule has 0 aliphatic heterocycles. The lowest BCUT2D eigenvalue weighted by Crippen LogP contribution is -2.32. The summed E-state index contributed by atoms with van der Waals surface area (Å²) in [4.78, 5) is 21.3. The summed E-state index contributed by atoms with van der Waals surface area (Å²) in [6, 6.07) is 6.16. The van der Waals surface area contributed by atoms with Crippen LogP contribution in [0, 0.1) is 13.8 Å². The Morgan fingerprint density at radius 3 is 3.08 bits per heavy atom. The van der Waals surface area contributed by atoms with Crippen LogP contribution in [0.25, 0.3) is 10.9 Å². The topological polar surface area (TPSA) is 72.7 Å². The molecule has 0 radical (unpaired) electrons. The lowest BCUT2D eigenvalue weighted by Gasteiger charge is -2.25. The highest BCUT2D eigenvalue weighted by molar-refractivity contribution is 5.82. The van der Waals surface area contributed by atoms with E-state index in [-0.39, 0.29) is 11.9 Å². The standard InChI is InChI=1S/C20H23N5O/c1-13-5-3-8-19-15(13)12-22-25(19)10-9-20(26)24-18-7-4-6-17-16(18)11-21-14(2)23-17/h3,5,8,11-12,18H,4,6-7,9-10H2,1-2H3,(H,24,26). The zero-order valence-corrected chi connectivity index (χ0v) is 15.2. The summed E-state index contributed by atoms with van der Waals surface area (Å²) in [6.07, 6.45) is 7.09. The number of nitrogens with zero attached hydrogens (tertiary/aromatic N) is 4. The fourth-order valence-corrected chi connectivity index (χ4v) is 3.70. The zero-order valence-electron chi connectivity index (χ0n) is 15.2. The number of benzene rings is 1. The van der Waals surface area contributed by atoms with Crippen LogP contribution < -0.4 is 5.32 Å². The lowest BCUT2D eigenvalue weighted by atomic mass is 9.92. The van der Waals surface area contributed by atoms with Crippen molar-refractivity contribution in [3.63, 3.8) is 0 Å². The fraction of sp³-hybridized carbons (Fsp3) is 0.400. The van der Waals surface area contributed by atoms with Gasteiger partial charge in [-0.25, -0.2) is 9.97 Å². The van der Waals surface area contributed by atoms with E-state index in [1.54, 1.807) is 0 Å². The Morgan fingerprint density at radius 2 is 2.19 bits per heavy atom. The molecule has 0 bridgehead atoms. The van der Waals surface area contributed by atoms with E-state index >= 15 is 0 Å². The Kier molecular flexibility index (Phi) is 4.41. The Morgan fingerprint density at radius 1 is 1.31 bits per heavy atom. The van der Waals surface area contributed by atoms with Crippen LogP contribution in [-0.2, 0) is 17.8 Å². The maximum absolute atomic E-state index is 12.5. The number of carbonyl (C=O) groups is 1. The summed E-state index contributed by atoms with van der Waals surface area (Å²) in [5.41, 5.74) is 4.41. The summed E-state index contributed by atoms with van der Waals surface area (Å²) in [6.45, 7) is 4.55. The second kappa shape index (κ2) is 6.86. The highest BCUT2D eigenvalue weighted by atomic mass is 16.1. The molecule has 1 atom stereocenters. The first-order chi connectivity index (χ1) is 12.6. The van der Waals surface area contributed by atoms with Crippen LogP contribution >= 0.6 is 0 Å². The van der Waals surface area contributed by atoms with E-state index in [1.165, 1.54) is 5.56 Å². The van der Waals surface area contributed by atoms with Crippen LogP contribution in [0.2, 0.25) is 0 Å². The molecule has 4 rings (SSSR count). The number of rotatable bonds is 4. The molecule has 1 aromatic carbocycles. The van der Waals surface area contributed by atoms with Crippen LogP contribution in [0.4, 0.5) is 0 Å². The van der Waals surface area contributed by atoms with Crippen molar-refractivity contribution in [3.05, 3.63) is 53.2 Å². The molecule has 2 aromatic heterocycles. The smallest absolute Gasteiger partial charge is 0.222 e. The summed E-state index contributed by atoms with van der Waals surface area (Å²) >= 11 is 0. The van der Waals surface area contributed by atoms with Gasteiger partial charge >= 0.3 is 0 Å². The van der Waals surface area contributed by atoms with Crippen molar-refractivity contribution in [1.29, 1.82) is 0 Å². The SMILES string of the molecule is Cc1ncc2c(n1)CCCC2NC(=O)CCn1ncc2c(C)cccc21. The minimum absolute atomic E-state index is 0.0171. The number of amides is 1. The van der Waals surface area contributed by atoms with Gasteiger partial charge in [-0.3, -0.25) is 9.48 Å². The van der Waals surface area contributed by atoms with Gasteiger partial charge < -0.3 is 5.32 Å². The summed E-state index contributed by atoms with van der Waals surface area (Å²) < 4.78 is 1.91. The largest absolute Gasteiger partial charge is 0.349 e. The van der Waals surface area contributed by atoms with Crippen molar-refractivity contribution in [3.8, 4) is 0 Å². The molecule has 6 nitrogen and oxygen atoms in total. The zero-order chi connectivity index (χ0) is 18.1. The maximum Gasteiger partial charge on any atom is 0.222 e. The monoisotopic (exact) mass is 349 g/mol. The molecule has 1 N–H and O–H groups in total. The predicted molar refractivity (Wildman–Crippen MR) is 99.7 cm³/mol. The predicted octanol–water partition coefficient (Wildman–Crippen LogP) is 3.03. The Labute approximate surface area is 152 Å². The van der Waals surface area contributed by atoms with Gasteiger partial charge in [0.1, 0.15) is 5.82 Å². The van der Waals surface area contributed by atoms with E-state index < -0.39 is 0 Å². The molecule has 0 fully saturated rings. The first kappa shape index (κ1) is 16.7. The van der Waals surface area contributed by atoms with Crippen molar-refractivity contribution in [2.45, 2.75) is 52.1 Å². The second-order valence-corrected chi connectivity index (χ2v) is 6.96. The number of fused-ring (bicyclic) bond motifs is 2. The van der Waals surface area contributed by atoms with Gasteiger partial charge in [-0.15, -0.1) is 0 Å². The molecular weight excluding hydrogens is 326 g/mol. The Balaban J connectivity index is 1.43. The molecule has 0 saturated heterocycles. The number of aromatic nitrogens is 4. The molecule has 6 heteroatoms. The molecule has 0 spiro atoms. The molecule has 0 saturated carbocycles.